The highest BCUT2D eigenvalue weighted by Crippen LogP contribution is 2.35. The molecule has 1 N–H and O–H groups in total. The molecule has 0 spiro atoms. The molecular weight excluding hydrogens is 442 g/mol. The number of benzene rings is 2. The number of fused-ring (bicyclic) bond motifs is 4. The highest BCUT2D eigenvalue weighted by molar-refractivity contribution is 6.04. The lowest BCUT2D eigenvalue weighted by atomic mass is 9.83. The second kappa shape index (κ2) is 9.88. The van der Waals surface area contributed by atoms with E-state index in [4.69, 9.17) is 4.74 Å². The standard InChI is InChI=1S/C28H29N3O4/c1-35-14-13-26(32)30-16-19-15-23(18-30)25-12-11-24(28(34)31(25)17-19)29-27(33)22-9-7-21(8-10-22)20-5-3-2-4-6-20/h2-12,19,23H,13-18H2,1H3,(H,29,33)/t19-,23?/m0/s1. The largest absolute Gasteiger partial charge is 0.384 e. The van der Waals surface area contributed by atoms with Crippen molar-refractivity contribution in [3.05, 3.63) is 88.3 Å². The summed E-state index contributed by atoms with van der Waals surface area (Å²) in [6.45, 7) is 2.22. The minimum Gasteiger partial charge on any atom is -0.384 e. The number of hydrogen-bond donors (Lipinski definition) is 1. The number of carbonyl (C=O) groups excluding carboxylic acids is 2. The van der Waals surface area contributed by atoms with Crippen LogP contribution in [0.25, 0.3) is 11.1 Å². The molecule has 0 radical (unpaired) electrons. The first-order valence-corrected chi connectivity index (χ1v) is 12.0. The van der Waals surface area contributed by atoms with E-state index in [9.17, 15) is 14.4 Å². The maximum Gasteiger partial charge on any atom is 0.274 e. The molecular formula is C28H29N3O4. The third kappa shape index (κ3) is 4.77. The molecule has 180 valence electrons. The molecule has 1 unspecified atom stereocenters. The van der Waals surface area contributed by atoms with Crippen LogP contribution in [0, 0.1) is 5.92 Å². The van der Waals surface area contributed by atoms with E-state index in [1.165, 1.54) is 0 Å². The van der Waals surface area contributed by atoms with Gasteiger partial charge in [-0.05, 0) is 47.7 Å². The second-order valence-electron chi connectivity index (χ2n) is 9.33. The monoisotopic (exact) mass is 471 g/mol. The van der Waals surface area contributed by atoms with Crippen molar-refractivity contribution in [2.45, 2.75) is 25.3 Å². The van der Waals surface area contributed by atoms with Gasteiger partial charge >= 0.3 is 0 Å². The SMILES string of the molecule is COCCC(=O)N1CC2C[C@@H](C1)Cn1c2ccc(NC(=O)c2ccc(-c3ccccc3)cc2)c1=O. The van der Waals surface area contributed by atoms with Crippen molar-refractivity contribution in [1.29, 1.82) is 0 Å². The van der Waals surface area contributed by atoms with Crippen LogP contribution in [0.4, 0.5) is 5.69 Å². The van der Waals surface area contributed by atoms with Gasteiger partial charge in [0.1, 0.15) is 5.69 Å². The fourth-order valence-electron chi connectivity index (χ4n) is 5.23. The number of nitrogens with zero attached hydrogens (tertiary/aromatic N) is 2. The van der Waals surface area contributed by atoms with Gasteiger partial charge in [-0.15, -0.1) is 0 Å². The summed E-state index contributed by atoms with van der Waals surface area (Å²) in [7, 11) is 1.59. The number of likely N-dealkylation sites (tertiary alicyclic amines) is 1. The summed E-state index contributed by atoms with van der Waals surface area (Å²) in [5.41, 5.74) is 3.62. The van der Waals surface area contributed by atoms with Crippen LogP contribution in [-0.4, -0.2) is 48.1 Å². The van der Waals surface area contributed by atoms with Gasteiger partial charge in [-0.3, -0.25) is 14.4 Å². The molecule has 1 aromatic heterocycles. The van der Waals surface area contributed by atoms with Crippen molar-refractivity contribution < 1.29 is 14.3 Å². The Kier molecular flexibility index (Phi) is 6.51. The van der Waals surface area contributed by atoms with Crippen molar-refractivity contribution in [2.75, 3.05) is 32.1 Å². The molecule has 2 bridgehead atoms. The van der Waals surface area contributed by atoms with Crippen LogP contribution in [0.1, 0.15) is 34.8 Å². The lowest BCUT2D eigenvalue weighted by Gasteiger charge is -2.43. The molecule has 5 rings (SSSR count). The Bertz CT molecular complexity index is 1280. The number of ether oxygens (including phenoxy) is 1. The van der Waals surface area contributed by atoms with Crippen molar-refractivity contribution in [1.82, 2.24) is 9.47 Å². The third-order valence-electron chi connectivity index (χ3n) is 6.98. The number of hydrogen-bond acceptors (Lipinski definition) is 4. The topological polar surface area (TPSA) is 80.6 Å². The Morgan fingerprint density at radius 1 is 0.943 bits per heavy atom. The van der Waals surface area contributed by atoms with Gasteiger partial charge in [-0.1, -0.05) is 42.5 Å². The van der Waals surface area contributed by atoms with E-state index in [0.29, 0.717) is 38.2 Å². The van der Waals surface area contributed by atoms with Crippen LogP contribution in [0.15, 0.2) is 71.5 Å². The normalized spacial score (nSPS) is 18.6. The summed E-state index contributed by atoms with van der Waals surface area (Å²) in [6, 6.07) is 20.9. The van der Waals surface area contributed by atoms with E-state index < -0.39 is 0 Å². The molecule has 1 saturated heterocycles. The van der Waals surface area contributed by atoms with E-state index in [-0.39, 0.29) is 34.9 Å². The van der Waals surface area contributed by atoms with E-state index in [1.54, 1.807) is 29.9 Å². The molecule has 2 amide bonds. The summed E-state index contributed by atoms with van der Waals surface area (Å²) < 4.78 is 6.83. The predicted molar refractivity (Wildman–Crippen MR) is 134 cm³/mol. The average Bonchev–Trinajstić information content (AvgIpc) is 2.89. The quantitative estimate of drug-likeness (QED) is 0.594. The van der Waals surface area contributed by atoms with Crippen LogP contribution < -0.4 is 10.9 Å². The minimum absolute atomic E-state index is 0.0968. The molecule has 2 aromatic carbocycles. The van der Waals surface area contributed by atoms with Crippen molar-refractivity contribution >= 4 is 17.5 Å². The molecule has 3 aromatic rings. The minimum atomic E-state index is -0.312. The maximum absolute atomic E-state index is 13.3. The summed E-state index contributed by atoms with van der Waals surface area (Å²) in [6.07, 6.45) is 1.34. The Labute approximate surface area is 204 Å². The van der Waals surface area contributed by atoms with Crippen molar-refractivity contribution in [3.63, 3.8) is 0 Å². The molecule has 1 fully saturated rings. The zero-order valence-corrected chi connectivity index (χ0v) is 19.8. The predicted octanol–water partition coefficient (Wildman–Crippen LogP) is 3.75. The third-order valence-corrected chi connectivity index (χ3v) is 6.98. The number of nitrogens with one attached hydrogen (secondary N) is 1. The van der Waals surface area contributed by atoms with Gasteiger partial charge in [0.2, 0.25) is 5.91 Å². The molecule has 0 aliphatic carbocycles. The smallest absolute Gasteiger partial charge is 0.274 e. The number of carbonyl (C=O) groups is 2. The van der Waals surface area contributed by atoms with Crippen molar-refractivity contribution in [3.8, 4) is 11.1 Å². The van der Waals surface area contributed by atoms with E-state index in [1.807, 2.05) is 53.4 Å². The average molecular weight is 472 g/mol. The van der Waals surface area contributed by atoms with E-state index in [0.717, 1.165) is 23.2 Å². The molecule has 35 heavy (non-hydrogen) atoms. The summed E-state index contributed by atoms with van der Waals surface area (Å²) >= 11 is 0. The van der Waals surface area contributed by atoms with Crippen LogP contribution in [0.2, 0.25) is 0 Å². The maximum atomic E-state index is 13.3. The van der Waals surface area contributed by atoms with Crippen LogP contribution in [0.5, 0.6) is 0 Å². The van der Waals surface area contributed by atoms with Crippen LogP contribution in [-0.2, 0) is 16.1 Å². The Morgan fingerprint density at radius 2 is 1.69 bits per heavy atom. The molecule has 2 aliphatic rings. The van der Waals surface area contributed by atoms with Gasteiger partial charge in [0, 0.05) is 43.9 Å². The van der Waals surface area contributed by atoms with Crippen LogP contribution in [0.3, 0.4) is 0 Å². The lowest BCUT2D eigenvalue weighted by molar-refractivity contribution is -0.134. The summed E-state index contributed by atoms with van der Waals surface area (Å²) in [4.78, 5) is 40.5. The highest BCUT2D eigenvalue weighted by Gasteiger charge is 2.36. The molecule has 2 atom stereocenters. The summed E-state index contributed by atoms with van der Waals surface area (Å²) in [5.74, 6) is 0.131. The number of pyridine rings is 1. The zero-order valence-electron chi connectivity index (χ0n) is 19.8. The molecule has 0 saturated carbocycles. The van der Waals surface area contributed by atoms with Crippen molar-refractivity contribution in [2.24, 2.45) is 5.92 Å². The fourth-order valence-corrected chi connectivity index (χ4v) is 5.23. The van der Waals surface area contributed by atoms with Gasteiger partial charge in [-0.25, -0.2) is 0 Å². The van der Waals surface area contributed by atoms with E-state index in [2.05, 4.69) is 5.32 Å². The fraction of sp³-hybridized carbons (Fsp3) is 0.321. The molecule has 3 heterocycles. The number of methoxy groups -OCH3 is 1. The second-order valence-corrected chi connectivity index (χ2v) is 9.33. The Morgan fingerprint density at radius 3 is 2.43 bits per heavy atom. The lowest BCUT2D eigenvalue weighted by Crippen LogP contribution is -2.49. The number of piperidine rings is 1. The van der Waals surface area contributed by atoms with Gasteiger partial charge in [0.25, 0.3) is 11.5 Å². The van der Waals surface area contributed by atoms with E-state index >= 15 is 0 Å². The zero-order chi connectivity index (χ0) is 24.4. The molecule has 2 aliphatic heterocycles. The Hall–Kier alpha value is -3.71. The first kappa shape index (κ1) is 23.1. The summed E-state index contributed by atoms with van der Waals surface area (Å²) in [5, 5.41) is 2.80. The van der Waals surface area contributed by atoms with Crippen LogP contribution >= 0.6 is 0 Å². The first-order valence-electron chi connectivity index (χ1n) is 12.0. The molecule has 7 heteroatoms. The number of amides is 2. The Balaban J connectivity index is 1.31. The van der Waals surface area contributed by atoms with Gasteiger partial charge in [0.05, 0.1) is 13.0 Å². The van der Waals surface area contributed by atoms with Gasteiger partial charge in [-0.2, -0.15) is 0 Å². The molecule has 7 nitrogen and oxygen atoms in total. The highest BCUT2D eigenvalue weighted by atomic mass is 16.5. The first-order chi connectivity index (χ1) is 17.0. The number of anilines is 1. The van der Waals surface area contributed by atoms with Gasteiger partial charge < -0.3 is 19.5 Å². The number of rotatable bonds is 6. The number of aromatic nitrogens is 1. The van der Waals surface area contributed by atoms with Gasteiger partial charge in [0.15, 0.2) is 0 Å².